The van der Waals surface area contributed by atoms with Gasteiger partial charge in [-0.2, -0.15) is 18.3 Å². The van der Waals surface area contributed by atoms with Gasteiger partial charge in [0.25, 0.3) is 11.8 Å². The second-order valence-electron chi connectivity index (χ2n) is 10.8. The van der Waals surface area contributed by atoms with Crippen LogP contribution < -0.4 is 15.5 Å². The number of carboxylic acids is 1. The van der Waals surface area contributed by atoms with Crippen molar-refractivity contribution in [1.82, 2.24) is 9.78 Å². The summed E-state index contributed by atoms with van der Waals surface area (Å²) in [5.74, 6) is -2.90. The lowest BCUT2D eigenvalue weighted by Crippen LogP contribution is -2.35. The van der Waals surface area contributed by atoms with Gasteiger partial charge >= 0.3 is 12.1 Å². The Bertz CT molecular complexity index is 1740. The lowest BCUT2D eigenvalue weighted by molar-refractivity contribution is -0.142. The zero-order valence-electron chi connectivity index (χ0n) is 23.6. The number of nitrogens with zero attached hydrogens (tertiary/aromatic N) is 3. The summed E-state index contributed by atoms with van der Waals surface area (Å²) in [6.07, 6.45) is -3.15. The van der Waals surface area contributed by atoms with E-state index in [4.69, 9.17) is 0 Å². The van der Waals surface area contributed by atoms with Crippen LogP contribution in [0.1, 0.15) is 46.2 Å². The number of benzene rings is 3. The van der Waals surface area contributed by atoms with Crippen molar-refractivity contribution in [3.05, 3.63) is 83.3 Å². The van der Waals surface area contributed by atoms with Crippen molar-refractivity contribution >= 4 is 45.7 Å². The fourth-order valence-electron chi connectivity index (χ4n) is 5.42. The number of halogens is 4. The van der Waals surface area contributed by atoms with Crippen LogP contribution in [-0.4, -0.2) is 51.9 Å². The molecule has 0 saturated carbocycles. The van der Waals surface area contributed by atoms with Crippen molar-refractivity contribution in [2.24, 2.45) is 5.92 Å². The van der Waals surface area contributed by atoms with Crippen LogP contribution in [0, 0.1) is 11.7 Å². The molecule has 4 aromatic rings. The Balaban J connectivity index is 1.50. The maximum absolute atomic E-state index is 13.8. The first kappa shape index (κ1) is 30.5. The monoisotopic (exact) mass is 611 g/mol. The van der Waals surface area contributed by atoms with E-state index in [-0.39, 0.29) is 39.1 Å². The standard InChI is InChI=1S/C31H29F4N5O4/c1-18-5-4-12-39(16-18)26-11-8-19(29(43)36-23-10-9-21(32)13-20(23)15-27(41)42)14-24(26)37-30(44)28-22-6-2-3-7-25(22)40(38-28)17-31(33,34)35/h2-3,6-11,13-14,18H,4-5,12,15-17H2,1H3,(H,36,43)(H,37,44)(H,41,42). The normalized spacial score (nSPS) is 15.3. The molecule has 5 rings (SSSR count). The number of carboxylic acid groups (broad SMARTS) is 1. The highest BCUT2D eigenvalue weighted by molar-refractivity contribution is 6.13. The van der Waals surface area contributed by atoms with Gasteiger partial charge in [0.1, 0.15) is 12.4 Å². The molecule has 1 aliphatic rings. The SMILES string of the molecule is CC1CCCN(c2ccc(C(=O)Nc3ccc(F)cc3CC(=O)O)cc2NC(=O)c2nn(CC(F)(F)F)c3ccccc23)C1. The van der Waals surface area contributed by atoms with Gasteiger partial charge in [-0.1, -0.05) is 25.1 Å². The van der Waals surface area contributed by atoms with Crippen molar-refractivity contribution in [1.29, 1.82) is 0 Å². The lowest BCUT2D eigenvalue weighted by atomic mass is 9.99. The van der Waals surface area contributed by atoms with E-state index >= 15 is 0 Å². The number of aliphatic carboxylic acids is 1. The fourth-order valence-corrected chi connectivity index (χ4v) is 5.42. The van der Waals surface area contributed by atoms with Gasteiger partial charge in [-0.3, -0.25) is 19.1 Å². The van der Waals surface area contributed by atoms with E-state index in [0.29, 0.717) is 24.7 Å². The highest BCUT2D eigenvalue weighted by Crippen LogP contribution is 2.33. The van der Waals surface area contributed by atoms with E-state index in [9.17, 15) is 37.1 Å². The van der Waals surface area contributed by atoms with Crippen molar-refractivity contribution < 1.29 is 37.1 Å². The van der Waals surface area contributed by atoms with Gasteiger partial charge in [-0.25, -0.2) is 4.39 Å². The smallest absolute Gasteiger partial charge is 0.408 e. The molecule has 2 heterocycles. The van der Waals surface area contributed by atoms with Crippen LogP contribution in [0.2, 0.25) is 0 Å². The summed E-state index contributed by atoms with van der Waals surface area (Å²) < 4.78 is 54.3. The Labute approximate surface area is 249 Å². The molecular weight excluding hydrogens is 582 g/mol. The summed E-state index contributed by atoms with van der Waals surface area (Å²) in [6, 6.07) is 14.2. The third-order valence-electron chi connectivity index (χ3n) is 7.36. The molecule has 0 aliphatic carbocycles. The summed E-state index contributed by atoms with van der Waals surface area (Å²) >= 11 is 0. The van der Waals surface area contributed by atoms with Crippen molar-refractivity contribution in [3.63, 3.8) is 0 Å². The molecule has 44 heavy (non-hydrogen) atoms. The summed E-state index contributed by atoms with van der Waals surface area (Å²) in [6.45, 7) is 2.10. The van der Waals surface area contributed by atoms with Crippen LogP contribution in [0.5, 0.6) is 0 Å². The predicted molar refractivity (Wildman–Crippen MR) is 156 cm³/mol. The Kier molecular flexibility index (Phi) is 8.56. The number of hydrogen-bond acceptors (Lipinski definition) is 5. The maximum Gasteiger partial charge on any atom is 0.408 e. The van der Waals surface area contributed by atoms with E-state index < -0.39 is 42.7 Å². The van der Waals surface area contributed by atoms with Crippen LogP contribution in [0.3, 0.4) is 0 Å². The number of aromatic nitrogens is 2. The number of anilines is 3. The topological polar surface area (TPSA) is 117 Å². The van der Waals surface area contributed by atoms with Crippen LogP contribution in [0.25, 0.3) is 10.9 Å². The quantitative estimate of drug-likeness (QED) is 0.207. The average molecular weight is 612 g/mol. The molecule has 0 spiro atoms. The zero-order chi connectivity index (χ0) is 31.6. The zero-order valence-corrected chi connectivity index (χ0v) is 23.6. The van der Waals surface area contributed by atoms with Crippen LogP contribution >= 0.6 is 0 Å². The lowest BCUT2D eigenvalue weighted by Gasteiger charge is -2.34. The summed E-state index contributed by atoms with van der Waals surface area (Å²) in [5, 5.41) is 18.8. The molecule has 3 N–H and O–H groups in total. The number of para-hydroxylation sites is 1. The summed E-state index contributed by atoms with van der Waals surface area (Å²) in [5.41, 5.74) is 1.09. The fraction of sp³-hybridized carbons (Fsp3) is 0.290. The van der Waals surface area contributed by atoms with Crippen LogP contribution in [0.4, 0.5) is 34.6 Å². The molecular formula is C31H29F4N5O4. The molecule has 1 aliphatic heterocycles. The molecule has 1 fully saturated rings. The third-order valence-corrected chi connectivity index (χ3v) is 7.36. The number of amides is 2. The predicted octanol–water partition coefficient (Wildman–Crippen LogP) is 6.11. The van der Waals surface area contributed by atoms with E-state index in [1.54, 1.807) is 24.3 Å². The highest BCUT2D eigenvalue weighted by Gasteiger charge is 2.31. The van der Waals surface area contributed by atoms with Crippen molar-refractivity contribution in [3.8, 4) is 0 Å². The average Bonchev–Trinajstić information content (AvgIpc) is 3.31. The van der Waals surface area contributed by atoms with E-state index in [1.807, 2.05) is 0 Å². The largest absolute Gasteiger partial charge is 0.481 e. The Morgan fingerprint density at radius 2 is 1.75 bits per heavy atom. The first-order chi connectivity index (χ1) is 20.9. The number of hydrogen-bond donors (Lipinski definition) is 3. The molecule has 1 atom stereocenters. The maximum atomic E-state index is 13.8. The van der Waals surface area contributed by atoms with Gasteiger partial charge in [-0.15, -0.1) is 0 Å². The number of alkyl halides is 3. The summed E-state index contributed by atoms with van der Waals surface area (Å²) in [4.78, 5) is 40.2. The first-order valence-corrected chi connectivity index (χ1v) is 13.9. The Morgan fingerprint density at radius 3 is 2.48 bits per heavy atom. The van der Waals surface area contributed by atoms with Crippen molar-refractivity contribution in [2.45, 2.75) is 38.9 Å². The van der Waals surface area contributed by atoms with Crippen LogP contribution in [0.15, 0.2) is 60.7 Å². The van der Waals surface area contributed by atoms with Gasteiger partial charge in [-0.05, 0) is 66.8 Å². The number of rotatable bonds is 8. The third kappa shape index (κ3) is 6.99. The van der Waals surface area contributed by atoms with Gasteiger partial charge in [0.05, 0.1) is 23.3 Å². The number of piperidine rings is 1. The van der Waals surface area contributed by atoms with E-state index in [1.165, 1.54) is 24.3 Å². The highest BCUT2D eigenvalue weighted by atomic mass is 19.4. The van der Waals surface area contributed by atoms with Crippen molar-refractivity contribution in [2.75, 3.05) is 28.6 Å². The summed E-state index contributed by atoms with van der Waals surface area (Å²) in [7, 11) is 0. The second-order valence-corrected chi connectivity index (χ2v) is 10.8. The van der Waals surface area contributed by atoms with Crippen LogP contribution in [-0.2, 0) is 17.8 Å². The van der Waals surface area contributed by atoms with E-state index in [0.717, 1.165) is 29.7 Å². The molecule has 1 unspecified atom stereocenters. The van der Waals surface area contributed by atoms with Gasteiger partial charge in [0, 0.05) is 29.7 Å². The minimum absolute atomic E-state index is 0.0691. The molecule has 2 amide bonds. The molecule has 13 heteroatoms. The molecule has 0 radical (unpaired) electrons. The number of carbonyl (C=O) groups excluding carboxylic acids is 2. The van der Waals surface area contributed by atoms with E-state index in [2.05, 4.69) is 27.6 Å². The first-order valence-electron chi connectivity index (χ1n) is 13.9. The molecule has 1 aromatic heterocycles. The molecule has 9 nitrogen and oxygen atoms in total. The van der Waals surface area contributed by atoms with Gasteiger partial charge in [0.2, 0.25) is 0 Å². The van der Waals surface area contributed by atoms with Gasteiger partial charge < -0.3 is 20.6 Å². The van der Waals surface area contributed by atoms with Gasteiger partial charge in [0.15, 0.2) is 5.69 Å². The molecule has 230 valence electrons. The Morgan fingerprint density at radius 1 is 1.00 bits per heavy atom. The minimum Gasteiger partial charge on any atom is -0.481 e. The number of carbonyl (C=O) groups is 3. The Hall–Kier alpha value is -4.94. The number of fused-ring (bicyclic) bond motifs is 1. The minimum atomic E-state index is -4.56. The second kappa shape index (κ2) is 12.3. The molecule has 3 aromatic carbocycles. The number of nitrogens with one attached hydrogen (secondary N) is 2. The molecule has 0 bridgehead atoms. The molecule has 1 saturated heterocycles.